The number of rotatable bonds is 0. The molecule has 0 aliphatic heterocycles. The van der Waals surface area contributed by atoms with Gasteiger partial charge in [-0.3, -0.25) is 0 Å². The quantitative estimate of drug-likeness (QED) is 0.643. The van der Waals surface area contributed by atoms with Crippen molar-refractivity contribution in [1.82, 2.24) is 0 Å². The summed E-state index contributed by atoms with van der Waals surface area (Å²) in [5.74, 6) is -1.15. The Morgan fingerprint density at radius 3 is 2.08 bits per heavy atom. The van der Waals surface area contributed by atoms with E-state index in [9.17, 15) is 13.2 Å². The van der Waals surface area contributed by atoms with Crippen LogP contribution < -0.4 is 5.73 Å². The Hall–Kier alpha value is 0.0400. The van der Waals surface area contributed by atoms with Crippen molar-refractivity contribution >= 4 is 12.4 Å². The van der Waals surface area contributed by atoms with Crippen molar-refractivity contribution in [2.75, 3.05) is 0 Å². The van der Waals surface area contributed by atoms with Gasteiger partial charge in [0.1, 0.15) is 0 Å². The first-order chi connectivity index (χ1) is 5.00. The van der Waals surface area contributed by atoms with Crippen molar-refractivity contribution in [3.8, 4) is 0 Å². The maximum atomic E-state index is 12.1. The van der Waals surface area contributed by atoms with Gasteiger partial charge in [0.05, 0.1) is 5.92 Å². The molecule has 74 valence electrons. The van der Waals surface area contributed by atoms with Crippen LogP contribution in [0.2, 0.25) is 0 Å². The van der Waals surface area contributed by atoms with Crippen molar-refractivity contribution in [3.05, 3.63) is 0 Å². The monoisotopic (exact) mass is 203 g/mol. The maximum Gasteiger partial charge on any atom is 0.391 e. The molecule has 12 heavy (non-hydrogen) atoms. The van der Waals surface area contributed by atoms with Crippen LogP contribution in [0, 0.1) is 5.92 Å². The van der Waals surface area contributed by atoms with Crippen molar-refractivity contribution in [1.29, 1.82) is 0 Å². The van der Waals surface area contributed by atoms with E-state index in [1.165, 1.54) is 0 Å². The highest BCUT2D eigenvalue weighted by molar-refractivity contribution is 5.85. The summed E-state index contributed by atoms with van der Waals surface area (Å²) in [5, 5.41) is 0. The minimum Gasteiger partial charge on any atom is -0.328 e. The summed E-state index contributed by atoms with van der Waals surface area (Å²) in [6.07, 6.45) is -2.29. The van der Waals surface area contributed by atoms with Crippen molar-refractivity contribution in [2.45, 2.75) is 37.9 Å². The van der Waals surface area contributed by atoms with Crippen molar-refractivity contribution in [2.24, 2.45) is 11.7 Å². The highest BCUT2D eigenvalue weighted by Crippen LogP contribution is 2.36. The van der Waals surface area contributed by atoms with Crippen LogP contribution in [0.25, 0.3) is 0 Å². The van der Waals surface area contributed by atoms with E-state index >= 15 is 0 Å². The van der Waals surface area contributed by atoms with Crippen molar-refractivity contribution < 1.29 is 13.2 Å². The molecular weight excluding hydrogens is 191 g/mol. The molecule has 0 amide bonds. The minimum absolute atomic E-state index is 0. The van der Waals surface area contributed by atoms with Gasteiger partial charge >= 0.3 is 6.18 Å². The first kappa shape index (κ1) is 12.0. The minimum atomic E-state index is -4.03. The van der Waals surface area contributed by atoms with E-state index in [-0.39, 0.29) is 31.3 Å². The predicted molar refractivity (Wildman–Crippen MR) is 43.2 cm³/mol. The molecule has 2 atom stereocenters. The summed E-state index contributed by atoms with van der Waals surface area (Å²) in [6.45, 7) is 0. The molecule has 2 N–H and O–H groups in total. The van der Waals surface area contributed by atoms with E-state index < -0.39 is 12.1 Å². The molecule has 0 aromatic heterocycles. The molecule has 5 heteroatoms. The van der Waals surface area contributed by atoms with Gasteiger partial charge in [0.15, 0.2) is 0 Å². The highest BCUT2D eigenvalue weighted by atomic mass is 35.5. The number of halogens is 4. The van der Waals surface area contributed by atoms with E-state index in [1.54, 1.807) is 0 Å². The number of alkyl halides is 3. The number of nitrogens with two attached hydrogens (primary N) is 1. The molecule has 1 aliphatic rings. The average molecular weight is 204 g/mol. The van der Waals surface area contributed by atoms with Crippen LogP contribution in [-0.2, 0) is 0 Å². The Morgan fingerprint density at radius 2 is 1.75 bits per heavy atom. The van der Waals surface area contributed by atoms with Gasteiger partial charge in [-0.25, -0.2) is 0 Å². The van der Waals surface area contributed by atoms with Gasteiger partial charge in [-0.05, 0) is 19.3 Å². The molecule has 1 nitrogen and oxygen atoms in total. The normalized spacial score (nSPS) is 31.0. The molecule has 1 aliphatic carbocycles. The van der Waals surface area contributed by atoms with E-state index in [1.807, 2.05) is 0 Å². The molecule has 0 radical (unpaired) electrons. The van der Waals surface area contributed by atoms with Crippen LogP contribution in [0.5, 0.6) is 0 Å². The molecule has 0 aromatic rings. The van der Waals surface area contributed by atoms with E-state index in [0.29, 0.717) is 6.42 Å². The Balaban J connectivity index is 0.00000121. The molecule has 0 heterocycles. The zero-order valence-corrected chi connectivity index (χ0v) is 7.42. The second-order valence-corrected chi connectivity index (χ2v) is 3.17. The Bertz CT molecular complexity index is 137. The fourth-order valence-corrected chi connectivity index (χ4v) is 1.52. The first-order valence-corrected chi connectivity index (χ1v) is 3.82. The van der Waals surface area contributed by atoms with Gasteiger partial charge in [0.25, 0.3) is 0 Å². The van der Waals surface area contributed by atoms with Gasteiger partial charge < -0.3 is 5.73 Å². The highest BCUT2D eigenvalue weighted by Gasteiger charge is 2.41. The first-order valence-electron chi connectivity index (χ1n) is 3.82. The second-order valence-electron chi connectivity index (χ2n) is 3.17. The van der Waals surface area contributed by atoms with Crippen molar-refractivity contribution in [3.63, 3.8) is 0 Å². The van der Waals surface area contributed by atoms with Crippen LogP contribution in [0.4, 0.5) is 13.2 Å². The molecule has 1 fully saturated rings. The van der Waals surface area contributed by atoms with E-state index in [2.05, 4.69) is 0 Å². The summed E-state index contributed by atoms with van der Waals surface area (Å²) in [6, 6.07) is -0.240. The summed E-state index contributed by atoms with van der Waals surface area (Å²) < 4.78 is 36.2. The molecule has 0 saturated heterocycles. The summed E-state index contributed by atoms with van der Waals surface area (Å²) in [7, 11) is 0. The van der Waals surface area contributed by atoms with Gasteiger partial charge in [0.2, 0.25) is 0 Å². The zero-order chi connectivity index (χ0) is 8.48. The second kappa shape index (κ2) is 4.33. The standard InChI is InChI=1S/C7H12F3N.ClH/c8-7(9,10)5-2-1-3-6(11)4-5;/h5-6H,1-4,11H2;1H/t5-,6-;/m0./s1. The molecule has 0 unspecified atom stereocenters. The third kappa shape index (κ3) is 3.19. The van der Waals surface area contributed by atoms with Crippen LogP contribution in [0.3, 0.4) is 0 Å². The molecule has 0 bridgehead atoms. The largest absolute Gasteiger partial charge is 0.391 e. The van der Waals surface area contributed by atoms with E-state index in [0.717, 1.165) is 6.42 Å². The molecule has 1 saturated carbocycles. The summed E-state index contributed by atoms with van der Waals surface area (Å²) in [4.78, 5) is 0. The number of hydrogen-bond acceptors (Lipinski definition) is 1. The van der Waals surface area contributed by atoms with Gasteiger partial charge in [-0.2, -0.15) is 13.2 Å². The average Bonchev–Trinajstić information content (AvgIpc) is 1.86. The lowest BCUT2D eigenvalue weighted by Gasteiger charge is -2.28. The maximum absolute atomic E-state index is 12.1. The summed E-state index contributed by atoms with van der Waals surface area (Å²) in [5.41, 5.74) is 5.42. The molecule has 0 aromatic carbocycles. The van der Waals surface area contributed by atoms with Gasteiger partial charge in [-0.15, -0.1) is 12.4 Å². The lowest BCUT2D eigenvalue weighted by atomic mass is 9.86. The Morgan fingerprint density at radius 1 is 1.17 bits per heavy atom. The molecular formula is C7H13ClF3N. The Labute approximate surface area is 75.9 Å². The zero-order valence-electron chi connectivity index (χ0n) is 6.60. The predicted octanol–water partition coefficient (Wildman–Crippen LogP) is 2.49. The van der Waals surface area contributed by atoms with Crippen LogP contribution >= 0.6 is 12.4 Å². The third-order valence-electron chi connectivity index (χ3n) is 2.18. The smallest absolute Gasteiger partial charge is 0.328 e. The third-order valence-corrected chi connectivity index (χ3v) is 2.18. The molecule has 0 spiro atoms. The van der Waals surface area contributed by atoms with Crippen LogP contribution in [0.15, 0.2) is 0 Å². The van der Waals surface area contributed by atoms with Crippen LogP contribution in [0.1, 0.15) is 25.7 Å². The Kier molecular flexibility index (Phi) is 4.34. The number of hydrogen-bond donors (Lipinski definition) is 1. The van der Waals surface area contributed by atoms with Gasteiger partial charge in [0, 0.05) is 6.04 Å². The van der Waals surface area contributed by atoms with Crippen LogP contribution in [-0.4, -0.2) is 12.2 Å². The topological polar surface area (TPSA) is 26.0 Å². The lowest BCUT2D eigenvalue weighted by Crippen LogP contribution is -2.35. The fourth-order valence-electron chi connectivity index (χ4n) is 1.52. The summed E-state index contributed by atoms with van der Waals surface area (Å²) >= 11 is 0. The van der Waals surface area contributed by atoms with E-state index in [4.69, 9.17) is 5.73 Å². The fraction of sp³-hybridized carbons (Fsp3) is 1.00. The SMILES string of the molecule is Cl.N[C@H]1CCC[C@H](C(F)(F)F)C1. The van der Waals surface area contributed by atoms with Gasteiger partial charge in [-0.1, -0.05) is 6.42 Å². The lowest BCUT2D eigenvalue weighted by molar-refractivity contribution is -0.182. The molecule has 1 rings (SSSR count).